The summed E-state index contributed by atoms with van der Waals surface area (Å²) in [5.74, 6) is 0.503. The van der Waals surface area contributed by atoms with Crippen LogP contribution in [0.5, 0.6) is 5.75 Å². The second-order valence-electron chi connectivity index (χ2n) is 14.5. The number of benzene rings is 4. The monoisotopic (exact) mass is 773 g/mol. The molecule has 3 N–H and O–H groups in total. The van der Waals surface area contributed by atoms with Crippen LogP contribution in [-0.2, 0) is 21.7 Å². The van der Waals surface area contributed by atoms with Gasteiger partial charge >= 0.3 is 0 Å². The lowest BCUT2D eigenvalue weighted by atomic mass is 9.73. The van der Waals surface area contributed by atoms with Gasteiger partial charge in [0, 0.05) is 23.6 Å². The van der Waals surface area contributed by atoms with Gasteiger partial charge in [-0.05, 0) is 82.4 Å². The highest BCUT2D eigenvalue weighted by Crippen LogP contribution is 2.44. The quantitative estimate of drug-likeness (QED) is 0.182. The van der Waals surface area contributed by atoms with Crippen molar-refractivity contribution >= 4 is 57.6 Å². The molecule has 12 heteroatoms. The van der Waals surface area contributed by atoms with Crippen LogP contribution in [0.15, 0.2) is 97.5 Å². The number of thiazole rings is 1. The molecule has 6 aromatic rings. The van der Waals surface area contributed by atoms with Crippen LogP contribution in [-0.4, -0.2) is 52.2 Å². The summed E-state index contributed by atoms with van der Waals surface area (Å²) in [5, 5.41) is 5.17. The minimum absolute atomic E-state index is 0.00928. The van der Waals surface area contributed by atoms with Crippen molar-refractivity contribution in [3.8, 4) is 38.6 Å². The molecule has 3 heterocycles. The zero-order valence-electron chi connectivity index (χ0n) is 31.7. The van der Waals surface area contributed by atoms with Crippen molar-refractivity contribution in [3.63, 3.8) is 0 Å². The molecule has 2 aromatic heterocycles. The molecule has 0 saturated heterocycles. The number of carbonyl (C=O) groups excluding carboxylic acids is 3. The average molecular weight is 774 g/mol. The smallest absolute Gasteiger partial charge is 0.245 e. The van der Waals surface area contributed by atoms with E-state index in [1.165, 1.54) is 17.7 Å². The highest BCUT2D eigenvalue weighted by atomic mass is 32.1. The molecule has 284 valence electrons. The summed E-state index contributed by atoms with van der Waals surface area (Å²) >= 11 is 1.40. The molecular weight excluding hydrogens is 735 g/mol. The first kappa shape index (κ1) is 36.2. The summed E-state index contributed by atoms with van der Waals surface area (Å²) < 4.78 is 5.66. The van der Waals surface area contributed by atoms with Crippen LogP contribution >= 0.6 is 11.3 Å². The van der Waals surface area contributed by atoms with Crippen LogP contribution in [0.25, 0.3) is 45.0 Å². The summed E-state index contributed by atoms with van der Waals surface area (Å²) in [6, 6.07) is 27.4. The lowest BCUT2D eigenvalue weighted by molar-refractivity contribution is -0.126. The van der Waals surface area contributed by atoms with Crippen molar-refractivity contribution in [2.45, 2.75) is 32.9 Å². The van der Waals surface area contributed by atoms with Gasteiger partial charge in [0.1, 0.15) is 23.3 Å². The number of fused-ring (bicyclic) bond motifs is 6. The molecule has 0 saturated carbocycles. The molecule has 1 aliphatic heterocycles. The first-order valence-electron chi connectivity index (χ1n) is 18.9. The third-order valence-electron chi connectivity index (χ3n) is 11.1. The number of hydrogen-bond donors (Lipinski definition) is 2. The molecule has 4 aromatic carbocycles. The van der Waals surface area contributed by atoms with Gasteiger partial charge in [-0.3, -0.25) is 14.4 Å². The number of aromatic nitrogens is 3. The minimum atomic E-state index is -1.17. The summed E-state index contributed by atoms with van der Waals surface area (Å²) in [4.78, 5) is 60.4. The van der Waals surface area contributed by atoms with E-state index in [1.54, 1.807) is 12.3 Å². The highest BCUT2D eigenvalue weighted by molar-refractivity contribution is 7.19. The van der Waals surface area contributed by atoms with Crippen molar-refractivity contribution in [2.75, 3.05) is 34.9 Å². The number of amides is 1. The fourth-order valence-corrected chi connectivity index (χ4v) is 9.28. The molecular formula is C45H39N7O4S. The van der Waals surface area contributed by atoms with Crippen molar-refractivity contribution in [2.24, 2.45) is 11.7 Å². The van der Waals surface area contributed by atoms with Crippen molar-refractivity contribution in [3.05, 3.63) is 125 Å². The first-order valence-corrected chi connectivity index (χ1v) is 19.7. The third-order valence-corrected chi connectivity index (χ3v) is 12.1. The molecule has 2 aliphatic carbocycles. The van der Waals surface area contributed by atoms with Gasteiger partial charge in [-0.2, -0.15) is 0 Å². The van der Waals surface area contributed by atoms with E-state index in [0.29, 0.717) is 35.4 Å². The first-order chi connectivity index (χ1) is 27.7. The normalized spacial score (nSPS) is 17.9. The number of hydrogen-bond acceptors (Lipinski definition) is 11. The van der Waals surface area contributed by atoms with Gasteiger partial charge in [0.15, 0.2) is 22.5 Å². The number of carbonyl (C=O) groups is 3. The topological polar surface area (TPSA) is 144 Å². The van der Waals surface area contributed by atoms with E-state index in [1.807, 2.05) is 122 Å². The van der Waals surface area contributed by atoms with Gasteiger partial charge in [-0.1, -0.05) is 85.0 Å². The summed E-state index contributed by atoms with van der Waals surface area (Å²) in [6.07, 6.45) is 6.79. The number of anilines is 3. The van der Waals surface area contributed by atoms with Crippen LogP contribution < -0.4 is 36.0 Å². The fraction of sp³-hybridized carbons (Fsp3) is 0.200. The number of ketones is 2. The Bertz CT molecular complexity index is 2730. The molecule has 0 bridgehead atoms. The van der Waals surface area contributed by atoms with E-state index in [4.69, 9.17) is 15.5 Å². The van der Waals surface area contributed by atoms with Crippen molar-refractivity contribution in [1.29, 1.82) is 0 Å². The van der Waals surface area contributed by atoms with E-state index >= 15 is 0 Å². The molecule has 9 rings (SSSR count). The molecule has 2 unspecified atom stereocenters. The van der Waals surface area contributed by atoms with Crippen molar-refractivity contribution < 1.29 is 19.1 Å². The molecule has 3 aliphatic rings. The Morgan fingerprint density at radius 1 is 0.965 bits per heavy atom. The Labute approximate surface area is 333 Å². The second kappa shape index (κ2) is 14.2. The van der Waals surface area contributed by atoms with Gasteiger partial charge in [0.2, 0.25) is 5.91 Å². The zero-order valence-corrected chi connectivity index (χ0v) is 32.5. The molecule has 11 nitrogen and oxygen atoms in total. The minimum Gasteiger partial charge on any atom is -0.494 e. The lowest BCUT2D eigenvalue weighted by Crippen LogP contribution is -2.59. The van der Waals surface area contributed by atoms with Crippen molar-refractivity contribution in [1.82, 2.24) is 15.0 Å². The Morgan fingerprint density at radius 2 is 1.72 bits per heavy atom. The van der Waals surface area contributed by atoms with Gasteiger partial charge < -0.3 is 25.6 Å². The number of ether oxygens (including phenoxy) is 1. The number of nitrogens with zero attached hydrogens (tertiary/aromatic N) is 5. The molecule has 1 amide bonds. The maximum Gasteiger partial charge on any atom is 0.245 e. The predicted octanol–water partition coefficient (Wildman–Crippen LogP) is 5.91. The second-order valence-corrected chi connectivity index (χ2v) is 15.5. The van der Waals surface area contributed by atoms with Crippen LogP contribution in [0, 0.1) is 5.92 Å². The van der Waals surface area contributed by atoms with E-state index in [2.05, 4.69) is 15.3 Å². The maximum absolute atomic E-state index is 14.5. The molecule has 0 fully saturated rings. The Morgan fingerprint density at radius 3 is 2.47 bits per heavy atom. The van der Waals surface area contributed by atoms with E-state index in [0.717, 1.165) is 60.1 Å². The lowest BCUT2D eigenvalue weighted by Gasteiger charge is -2.42. The number of nitrogens with two attached hydrogens (primary N) is 1. The molecule has 2 atom stereocenters. The SMILES string of the molecule is CCOc1ccc(-c2nc(NC(=O)CN3CN(C4(C)C(=O)C(C)C=c5c4ccc4c5=CC(=O)c5ccccc5-4)c4ncncc43)sc2-c2ccc(CN)cc2)cc1. The largest absolute Gasteiger partial charge is 0.494 e. The zero-order chi connectivity index (χ0) is 39.4. The van der Waals surface area contributed by atoms with Crippen LogP contribution in [0.1, 0.15) is 42.3 Å². The number of Topliss-reactive ketones (excluding diaryl/α,β-unsaturated/α-hetero) is 2. The predicted molar refractivity (Wildman–Crippen MR) is 223 cm³/mol. The number of rotatable bonds is 9. The molecule has 57 heavy (non-hydrogen) atoms. The standard InChI is InChI=1S/C45H39N7O4S/c1-4-56-30-15-13-28(14-16-30)40-41(29-11-9-27(21-46)10-12-29)57-44(50-40)49-39(54)23-51-25-52(43-37(51)22-47-24-48-43)45(3)36-18-17-32-31-7-5-6-8-33(31)38(53)20-34(32)35(36)19-26(2)42(45)55/h5-20,22,24,26H,4,21,23,25,46H2,1-3H3,(H,49,50,54). The van der Waals surface area contributed by atoms with Crippen LogP contribution in [0.4, 0.5) is 16.6 Å². The van der Waals surface area contributed by atoms with Gasteiger partial charge in [0.05, 0.1) is 36.6 Å². The summed E-state index contributed by atoms with van der Waals surface area (Å²) in [5.41, 5.74) is 12.2. The van der Waals surface area contributed by atoms with E-state index in [-0.39, 0.29) is 30.7 Å². The molecule has 0 radical (unpaired) electrons. The molecule has 0 spiro atoms. The van der Waals surface area contributed by atoms with Gasteiger partial charge in [0.25, 0.3) is 0 Å². The van der Waals surface area contributed by atoms with Gasteiger partial charge in [-0.25, -0.2) is 15.0 Å². The van der Waals surface area contributed by atoms with Crippen LogP contribution in [0.3, 0.4) is 0 Å². The summed E-state index contributed by atoms with van der Waals surface area (Å²) in [7, 11) is 0. The van der Waals surface area contributed by atoms with Crippen LogP contribution in [0.2, 0.25) is 0 Å². The van der Waals surface area contributed by atoms with E-state index in [9.17, 15) is 14.4 Å². The Hall–Kier alpha value is -6.50. The third kappa shape index (κ3) is 6.08. The van der Waals surface area contributed by atoms with Gasteiger partial charge in [-0.15, -0.1) is 0 Å². The Balaban J connectivity index is 1.03. The average Bonchev–Trinajstić information content (AvgIpc) is 3.82. The number of nitrogens with one attached hydrogen (secondary N) is 1. The Kier molecular flexibility index (Phi) is 9.02. The highest BCUT2D eigenvalue weighted by Gasteiger charge is 2.50. The van der Waals surface area contributed by atoms with E-state index < -0.39 is 11.5 Å². The fourth-order valence-electron chi connectivity index (χ4n) is 8.27. The summed E-state index contributed by atoms with van der Waals surface area (Å²) in [6.45, 7) is 6.91. The maximum atomic E-state index is 14.5.